The Bertz CT molecular complexity index is 2290. The van der Waals surface area contributed by atoms with Crippen molar-refractivity contribution < 1.29 is 0 Å². The number of halogens is 4. The summed E-state index contributed by atoms with van der Waals surface area (Å²) in [5, 5.41) is 0. The lowest BCUT2D eigenvalue weighted by atomic mass is 10.1. The zero-order chi connectivity index (χ0) is 36.2. The summed E-state index contributed by atoms with van der Waals surface area (Å²) in [5.41, 5.74) is 8.54. The number of aromatic nitrogens is 8. The van der Waals surface area contributed by atoms with Crippen LogP contribution in [0.25, 0.3) is 69.2 Å². The fourth-order valence-corrected chi connectivity index (χ4v) is 7.07. The molecule has 4 aliphatic carbocycles. The van der Waals surface area contributed by atoms with E-state index in [0.717, 1.165) is 44.5 Å². The number of hydrogen-bond donors (Lipinski definition) is 2. The SMILES string of the molecule is CC1(Cl)C=CC2=C(C=C1)c1nc2nc2[nH]c(nc3nc(nc4[nH]c(n1)c1c4C=CC(C)(Cl)C=C1)C1=C3C=CC(C)(Cl)C=C1)c1c2C=CC(C)(Cl)C=C1. The van der Waals surface area contributed by atoms with Gasteiger partial charge in [-0.2, -0.15) is 0 Å². The molecular weight excluding hydrogens is 734 g/mol. The number of fused-ring (bicyclic) bond motifs is 18. The van der Waals surface area contributed by atoms with Crippen molar-refractivity contribution in [3.05, 3.63) is 118 Å². The van der Waals surface area contributed by atoms with Crippen molar-refractivity contribution in [3.8, 4) is 0 Å². The average Bonchev–Trinajstić information content (AvgIpc) is 3.62. The molecule has 8 bridgehead atoms. The Morgan fingerprint density at radius 1 is 0.346 bits per heavy atom. The van der Waals surface area contributed by atoms with Gasteiger partial charge in [-0.3, -0.25) is 0 Å². The minimum Gasteiger partial charge on any atom is -0.324 e. The van der Waals surface area contributed by atoms with E-state index < -0.39 is 19.5 Å². The van der Waals surface area contributed by atoms with Crippen LogP contribution in [0.3, 0.4) is 0 Å². The van der Waals surface area contributed by atoms with Gasteiger partial charge in [-0.25, -0.2) is 29.9 Å². The van der Waals surface area contributed by atoms with Gasteiger partial charge in [0.25, 0.3) is 0 Å². The van der Waals surface area contributed by atoms with Gasteiger partial charge in [0.2, 0.25) is 0 Å². The van der Waals surface area contributed by atoms with E-state index in [1.165, 1.54) is 0 Å². The van der Waals surface area contributed by atoms with E-state index in [-0.39, 0.29) is 0 Å². The fourth-order valence-electron chi connectivity index (χ4n) is 6.57. The van der Waals surface area contributed by atoms with E-state index in [4.69, 9.17) is 76.3 Å². The average molecular weight is 765 g/mol. The standard InChI is InChI=1S/C40H30Cl4N8/c1-37(41)13-5-21-22(6-14-37)30-45-29(21)49-31-23-7-15-38(2,42)17-9-25(23)33(46-31)51-35-27-11-19-40(4,44)20-12-28(27)36(48-35)52-34-26-10-18-39(3,43)16-8-24(26)32(47-34)50-30/h5-20H,1-4H3,(H2,45,46,47,48,49,50,51,52). The largest absolute Gasteiger partial charge is 0.324 e. The minimum absolute atomic E-state index is 0.463. The van der Waals surface area contributed by atoms with Crippen LogP contribution in [0, 0.1) is 0 Å². The van der Waals surface area contributed by atoms with Crippen LogP contribution in [0.15, 0.2) is 72.9 Å². The third-order valence-corrected chi connectivity index (χ3v) is 10.5. The van der Waals surface area contributed by atoms with Gasteiger partial charge in [-0.1, -0.05) is 97.2 Å². The van der Waals surface area contributed by atoms with Gasteiger partial charge in [0.05, 0.1) is 19.5 Å². The molecule has 5 heterocycles. The van der Waals surface area contributed by atoms with Gasteiger partial charge >= 0.3 is 0 Å². The number of H-pyrrole nitrogens is 2. The molecule has 0 unspecified atom stereocenters. The molecule has 0 saturated heterocycles. The van der Waals surface area contributed by atoms with Crippen LogP contribution in [0.1, 0.15) is 73.2 Å². The molecular formula is C40H30Cl4N8. The summed E-state index contributed by atoms with van der Waals surface area (Å²) in [6, 6.07) is 0. The maximum Gasteiger partial charge on any atom is 0.164 e. The molecule has 12 heteroatoms. The van der Waals surface area contributed by atoms with E-state index in [1.54, 1.807) is 0 Å². The van der Waals surface area contributed by atoms with Gasteiger partial charge in [-0.05, 0) is 27.7 Å². The lowest BCUT2D eigenvalue weighted by molar-refractivity contribution is 0.992. The first-order valence-corrected chi connectivity index (χ1v) is 18.2. The summed E-state index contributed by atoms with van der Waals surface area (Å²) in [5.74, 6) is 1.85. The predicted octanol–water partition coefficient (Wildman–Crippen LogP) is 10.0. The Kier molecular flexibility index (Phi) is 7.32. The number of alkyl halides is 4. The highest BCUT2D eigenvalue weighted by Gasteiger charge is 2.29. The highest BCUT2D eigenvalue weighted by atomic mass is 35.5. The van der Waals surface area contributed by atoms with Gasteiger partial charge in [0.1, 0.15) is 22.6 Å². The summed E-state index contributed by atoms with van der Waals surface area (Å²) in [6.45, 7) is 7.70. The predicted molar refractivity (Wildman–Crippen MR) is 216 cm³/mol. The number of aromatic amines is 2. The van der Waals surface area contributed by atoms with E-state index in [0.29, 0.717) is 45.9 Å². The van der Waals surface area contributed by atoms with Crippen LogP contribution >= 0.6 is 46.4 Å². The van der Waals surface area contributed by atoms with Gasteiger partial charge < -0.3 is 9.97 Å². The van der Waals surface area contributed by atoms with Crippen LogP contribution < -0.4 is 0 Å². The molecule has 0 radical (unpaired) electrons. The highest BCUT2D eigenvalue weighted by Crippen LogP contribution is 2.39. The molecule has 52 heavy (non-hydrogen) atoms. The number of nitrogens with one attached hydrogen (secondary N) is 2. The first-order chi connectivity index (χ1) is 24.6. The van der Waals surface area contributed by atoms with E-state index in [1.807, 2.05) is 125 Å². The first kappa shape index (κ1) is 33.3. The summed E-state index contributed by atoms with van der Waals surface area (Å²) in [6.07, 6.45) is 31.1. The Balaban J connectivity index is 1.45. The van der Waals surface area contributed by atoms with E-state index in [2.05, 4.69) is 9.97 Å². The second-order valence-electron chi connectivity index (χ2n) is 14.2. The number of allylic oxidation sites excluding steroid dienone is 16. The Morgan fingerprint density at radius 3 is 0.788 bits per heavy atom. The second kappa shape index (κ2) is 11.4. The molecule has 0 saturated carbocycles. The lowest BCUT2D eigenvalue weighted by Crippen LogP contribution is -2.06. The fraction of sp³-hybridized carbons (Fsp3) is 0.200. The van der Waals surface area contributed by atoms with Gasteiger partial charge in [0.15, 0.2) is 23.3 Å². The normalized spacial score (nSPS) is 28.3. The molecule has 0 aromatic carbocycles. The van der Waals surface area contributed by atoms with Crippen molar-refractivity contribution in [2.75, 3.05) is 0 Å². The Morgan fingerprint density at radius 2 is 0.558 bits per heavy atom. The number of rotatable bonds is 0. The van der Waals surface area contributed by atoms with E-state index in [9.17, 15) is 0 Å². The van der Waals surface area contributed by atoms with Crippen LogP contribution in [-0.2, 0) is 0 Å². The van der Waals surface area contributed by atoms with Crippen molar-refractivity contribution in [1.82, 2.24) is 39.9 Å². The number of hydrogen-bond acceptors (Lipinski definition) is 6. The molecule has 9 rings (SSSR count). The maximum absolute atomic E-state index is 6.82. The molecule has 3 aromatic rings. The van der Waals surface area contributed by atoms with Crippen LogP contribution in [0.5, 0.6) is 0 Å². The van der Waals surface area contributed by atoms with Crippen molar-refractivity contribution in [1.29, 1.82) is 0 Å². The van der Waals surface area contributed by atoms with E-state index >= 15 is 0 Å². The summed E-state index contributed by atoms with van der Waals surface area (Å²) >= 11 is 27.3. The topological polar surface area (TPSA) is 109 Å². The monoisotopic (exact) mass is 762 g/mol. The number of nitrogens with zero attached hydrogens (tertiary/aromatic N) is 6. The van der Waals surface area contributed by atoms with Gasteiger partial charge in [0, 0.05) is 44.5 Å². The third-order valence-electron chi connectivity index (χ3n) is 9.52. The second-order valence-corrected chi connectivity index (χ2v) is 17.4. The van der Waals surface area contributed by atoms with Gasteiger partial charge in [-0.15, -0.1) is 46.4 Å². The van der Waals surface area contributed by atoms with Crippen molar-refractivity contribution in [2.24, 2.45) is 0 Å². The molecule has 258 valence electrons. The zero-order valence-corrected chi connectivity index (χ0v) is 31.5. The molecule has 8 nitrogen and oxygen atoms in total. The highest BCUT2D eigenvalue weighted by molar-refractivity contribution is 6.28. The Hall–Kier alpha value is -4.60. The first-order valence-electron chi connectivity index (χ1n) is 16.7. The molecule has 0 fully saturated rings. The summed E-state index contributed by atoms with van der Waals surface area (Å²) in [7, 11) is 0. The lowest BCUT2D eigenvalue weighted by Gasteiger charge is -2.09. The van der Waals surface area contributed by atoms with Crippen LogP contribution in [-0.4, -0.2) is 59.4 Å². The minimum atomic E-state index is -0.717. The molecule has 0 atom stereocenters. The van der Waals surface area contributed by atoms with Crippen molar-refractivity contribution in [3.63, 3.8) is 0 Å². The summed E-state index contributed by atoms with van der Waals surface area (Å²) in [4.78, 5) is 34.7. The summed E-state index contributed by atoms with van der Waals surface area (Å²) < 4.78 is 0. The molecule has 6 aliphatic rings. The quantitative estimate of drug-likeness (QED) is 0.221. The Labute approximate surface area is 319 Å². The van der Waals surface area contributed by atoms with Crippen molar-refractivity contribution >= 4 is 116 Å². The van der Waals surface area contributed by atoms with Crippen molar-refractivity contribution in [2.45, 2.75) is 47.2 Å². The zero-order valence-electron chi connectivity index (χ0n) is 28.4. The van der Waals surface area contributed by atoms with Crippen LogP contribution in [0.4, 0.5) is 0 Å². The molecule has 0 spiro atoms. The molecule has 3 aromatic heterocycles. The molecule has 2 N–H and O–H groups in total. The third kappa shape index (κ3) is 5.88. The smallest absolute Gasteiger partial charge is 0.164 e. The molecule has 2 aliphatic heterocycles. The van der Waals surface area contributed by atoms with Crippen LogP contribution in [0.2, 0.25) is 0 Å². The molecule has 0 amide bonds. The maximum atomic E-state index is 6.82.